The summed E-state index contributed by atoms with van der Waals surface area (Å²) in [4.78, 5) is 4.86. The Morgan fingerprint density at radius 1 is 0.960 bits per heavy atom. The number of piperazine rings is 1. The summed E-state index contributed by atoms with van der Waals surface area (Å²) in [5.74, 6) is 1.69. The lowest BCUT2D eigenvalue weighted by atomic mass is 10.0. The molecule has 0 radical (unpaired) electrons. The minimum Gasteiger partial charge on any atom is -0.497 e. The van der Waals surface area contributed by atoms with Gasteiger partial charge in [-0.3, -0.25) is 4.90 Å². The Morgan fingerprint density at radius 3 is 2.28 bits per heavy atom. The van der Waals surface area contributed by atoms with Gasteiger partial charge < -0.3 is 20.1 Å². The van der Waals surface area contributed by atoms with Crippen LogP contribution in [0.1, 0.15) is 11.6 Å². The summed E-state index contributed by atoms with van der Waals surface area (Å²) < 4.78 is 10.9. The van der Waals surface area contributed by atoms with Crippen molar-refractivity contribution in [2.45, 2.75) is 6.04 Å². The Labute approximate surface area is 149 Å². The van der Waals surface area contributed by atoms with E-state index in [9.17, 15) is 0 Å². The molecule has 0 bridgehead atoms. The van der Waals surface area contributed by atoms with E-state index in [1.54, 1.807) is 14.2 Å². The van der Waals surface area contributed by atoms with Crippen LogP contribution in [0.15, 0.2) is 48.5 Å². The molecule has 2 aromatic rings. The van der Waals surface area contributed by atoms with Crippen LogP contribution < -0.4 is 20.1 Å². The van der Waals surface area contributed by atoms with Crippen LogP contribution in [0.4, 0.5) is 5.69 Å². The van der Waals surface area contributed by atoms with Crippen LogP contribution in [0, 0.1) is 0 Å². The van der Waals surface area contributed by atoms with Gasteiger partial charge in [-0.25, -0.2) is 0 Å². The van der Waals surface area contributed by atoms with Crippen LogP contribution >= 0.6 is 0 Å². The van der Waals surface area contributed by atoms with Gasteiger partial charge in [0, 0.05) is 44.0 Å². The summed E-state index contributed by atoms with van der Waals surface area (Å²) in [6.07, 6.45) is 0. The van der Waals surface area contributed by atoms with Crippen molar-refractivity contribution in [3.8, 4) is 11.5 Å². The van der Waals surface area contributed by atoms with E-state index in [0.717, 1.165) is 43.2 Å². The fourth-order valence-electron chi connectivity index (χ4n) is 3.50. The van der Waals surface area contributed by atoms with Gasteiger partial charge in [-0.05, 0) is 30.3 Å². The molecule has 134 valence electrons. The molecule has 1 heterocycles. The third kappa shape index (κ3) is 3.89. The molecule has 1 aliphatic heterocycles. The summed E-state index contributed by atoms with van der Waals surface area (Å²) in [5, 5.41) is 0. The number of methoxy groups -OCH3 is 2. The van der Waals surface area contributed by atoms with Crippen molar-refractivity contribution in [2.75, 3.05) is 51.8 Å². The molecule has 0 saturated carbocycles. The van der Waals surface area contributed by atoms with Crippen molar-refractivity contribution in [1.82, 2.24) is 4.90 Å². The molecule has 5 nitrogen and oxygen atoms in total. The highest BCUT2D eigenvalue weighted by molar-refractivity contribution is 5.47. The van der Waals surface area contributed by atoms with Gasteiger partial charge in [0.05, 0.1) is 20.3 Å². The average molecular weight is 341 g/mol. The highest BCUT2D eigenvalue weighted by atomic mass is 16.5. The normalized spacial score (nSPS) is 16.5. The number of rotatable bonds is 6. The first kappa shape index (κ1) is 17.6. The largest absolute Gasteiger partial charge is 0.497 e. The van der Waals surface area contributed by atoms with E-state index in [1.807, 2.05) is 18.2 Å². The number of hydrogen-bond donors (Lipinski definition) is 1. The quantitative estimate of drug-likeness (QED) is 0.875. The van der Waals surface area contributed by atoms with Gasteiger partial charge in [0.2, 0.25) is 0 Å². The molecule has 2 N–H and O–H groups in total. The minimum absolute atomic E-state index is 0.128. The second kappa shape index (κ2) is 8.23. The zero-order valence-electron chi connectivity index (χ0n) is 15.0. The van der Waals surface area contributed by atoms with Crippen LogP contribution in [-0.4, -0.2) is 51.8 Å². The maximum atomic E-state index is 6.14. The van der Waals surface area contributed by atoms with E-state index in [1.165, 1.54) is 5.69 Å². The number of hydrogen-bond acceptors (Lipinski definition) is 5. The number of para-hydroxylation sites is 1. The first-order chi connectivity index (χ1) is 12.3. The predicted molar refractivity (Wildman–Crippen MR) is 102 cm³/mol. The smallest absolute Gasteiger partial charge is 0.123 e. The molecule has 1 saturated heterocycles. The monoisotopic (exact) mass is 341 g/mol. The van der Waals surface area contributed by atoms with Crippen LogP contribution in [0.25, 0.3) is 0 Å². The maximum absolute atomic E-state index is 6.14. The Morgan fingerprint density at radius 2 is 1.68 bits per heavy atom. The fourth-order valence-corrected chi connectivity index (χ4v) is 3.50. The van der Waals surface area contributed by atoms with E-state index in [2.05, 4.69) is 40.1 Å². The molecule has 25 heavy (non-hydrogen) atoms. The molecule has 2 aromatic carbocycles. The second-order valence-electron chi connectivity index (χ2n) is 6.22. The molecular formula is C20H27N3O2. The van der Waals surface area contributed by atoms with Crippen molar-refractivity contribution in [3.63, 3.8) is 0 Å². The third-order valence-electron chi connectivity index (χ3n) is 4.90. The standard InChI is InChI=1S/C20H27N3O2/c1-24-17-8-9-20(25-2)18(14-17)19(15-21)23-12-10-22(11-13-23)16-6-4-3-5-7-16/h3-9,14,19H,10-13,15,21H2,1-2H3. The predicted octanol–water partition coefficient (Wildman–Crippen LogP) is 2.53. The van der Waals surface area contributed by atoms with Crippen molar-refractivity contribution in [2.24, 2.45) is 5.73 Å². The number of nitrogens with two attached hydrogens (primary N) is 1. The summed E-state index contributed by atoms with van der Waals surface area (Å²) in [6.45, 7) is 4.47. The Balaban J connectivity index is 1.75. The van der Waals surface area contributed by atoms with Crippen molar-refractivity contribution in [3.05, 3.63) is 54.1 Å². The zero-order valence-corrected chi connectivity index (χ0v) is 15.0. The maximum Gasteiger partial charge on any atom is 0.123 e. The van der Waals surface area contributed by atoms with Gasteiger partial charge in [0.25, 0.3) is 0 Å². The lowest BCUT2D eigenvalue weighted by molar-refractivity contribution is 0.186. The first-order valence-electron chi connectivity index (χ1n) is 8.73. The fraction of sp³-hybridized carbons (Fsp3) is 0.400. The van der Waals surface area contributed by atoms with E-state index in [0.29, 0.717) is 6.54 Å². The number of benzene rings is 2. The first-order valence-corrected chi connectivity index (χ1v) is 8.73. The van der Waals surface area contributed by atoms with E-state index in [-0.39, 0.29) is 6.04 Å². The molecule has 1 fully saturated rings. The van der Waals surface area contributed by atoms with Crippen molar-refractivity contribution >= 4 is 5.69 Å². The van der Waals surface area contributed by atoms with Gasteiger partial charge in [-0.1, -0.05) is 18.2 Å². The molecular weight excluding hydrogens is 314 g/mol. The summed E-state index contributed by atoms with van der Waals surface area (Å²) in [5.41, 5.74) is 8.52. The lowest BCUT2D eigenvalue weighted by Crippen LogP contribution is -2.49. The van der Waals surface area contributed by atoms with E-state index < -0.39 is 0 Å². The topological polar surface area (TPSA) is 51.0 Å². The minimum atomic E-state index is 0.128. The van der Waals surface area contributed by atoms with Crippen LogP contribution in [0.3, 0.4) is 0 Å². The number of anilines is 1. The molecule has 1 unspecified atom stereocenters. The SMILES string of the molecule is COc1ccc(OC)c(C(CN)N2CCN(c3ccccc3)CC2)c1. The van der Waals surface area contributed by atoms with Crippen LogP contribution in [-0.2, 0) is 0 Å². The highest BCUT2D eigenvalue weighted by Crippen LogP contribution is 2.33. The summed E-state index contributed by atoms with van der Waals surface area (Å²) in [7, 11) is 3.38. The van der Waals surface area contributed by atoms with Crippen LogP contribution in [0.2, 0.25) is 0 Å². The molecule has 1 aliphatic rings. The molecule has 5 heteroatoms. The second-order valence-corrected chi connectivity index (χ2v) is 6.22. The molecule has 0 aromatic heterocycles. The van der Waals surface area contributed by atoms with E-state index >= 15 is 0 Å². The molecule has 0 spiro atoms. The lowest BCUT2D eigenvalue weighted by Gasteiger charge is -2.40. The van der Waals surface area contributed by atoms with Gasteiger partial charge >= 0.3 is 0 Å². The van der Waals surface area contributed by atoms with Crippen molar-refractivity contribution in [1.29, 1.82) is 0 Å². The molecule has 0 aliphatic carbocycles. The van der Waals surface area contributed by atoms with Crippen LogP contribution in [0.5, 0.6) is 11.5 Å². The Hall–Kier alpha value is -2.24. The summed E-state index contributed by atoms with van der Waals surface area (Å²) >= 11 is 0. The van der Waals surface area contributed by atoms with Gasteiger partial charge in [0.1, 0.15) is 11.5 Å². The van der Waals surface area contributed by atoms with Gasteiger partial charge in [0.15, 0.2) is 0 Å². The van der Waals surface area contributed by atoms with Gasteiger partial charge in [-0.15, -0.1) is 0 Å². The zero-order chi connectivity index (χ0) is 17.6. The third-order valence-corrected chi connectivity index (χ3v) is 4.90. The molecule has 3 rings (SSSR count). The Kier molecular flexibility index (Phi) is 5.79. The Bertz CT molecular complexity index is 670. The van der Waals surface area contributed by atoms with E-state index in [4.69, 9.17) is 15.2 Å². The molecule has 0 amide bonds. The van der Waals surface area contributed by atoms with Gasteiger partial charge in [-0.2, -0.15) is 0 Å². The average Bonchev–Trinajstić information content (AvgIpc) is 2.69. The highest BCUT2D eigenvalue weighted by Gasteiger charge is 2.26. The number of nitrogens with zero attached hydrogens (tertiary/aromatic N) is 2. The van der Waals surface area contributed by atoms with Crippen molar-refractivity contribution < 1.29 is 9.47 Å². The summed E-state index contributed by atoms with van der Waals surface area (Å²) in [6, 6.07) is 16.6. The number of ether oxygens (including phenoxy) is 2. The molecule has 1 atom stereocenters.